The third-order valence-corrected chi connectivity index (χ3v) is 2.23. The van der Waals surface area contributed by atoms with Crippen LogP contribution in [-0.2, 0) is 0 Å². The number of Topliss-reactive ketones (excluding diaryl/α,β-unsaturated/α-hetero) is 1. The number of ether oxygens (including phenoxy) is 1. The van der Waals surface area contributed by atoms with Gasteiger partial charge in [0.25, 0.3) is 0 Å². The Bertz CT molecular complexity index is 399. The minimum absolute atomic E-state index is 0.115. The van der Waals surface area contributed by atoms with Crippen molar-refractivity contribution in [2.75, 3.05) is 6.61 Å². The lowest BCUT2D eigenvalue weighted by Gasteiger charge is -2.09. The van der Waals surface area contributed by atoms with E-state index in [0.29, 0.717) is 24.2 Å². The SMILES string of the molecule is CCOc1cc(C(C)=O)cc(Cl)c1C=O. The molecule has 0 saturated carbocycles. The molecule has 1 rings (SSSR count). The predicted octanol–water partition coefficient (Wildman–Crippen LogP) is 2.75. The first kappa shape index (κ1) is 11.7. The van der Waals surface area contributed by atoms with Gasteiger partial charge in [-0.3, -0.25) is 9.59 Å². The standard InChI is InChI=1S/C11H11ClO3/c1-3-15-11-5-8(7(2)14)4-10(12)9(11)6-13/h4-6H,3H2,1-2H3. The Morgan fingerprint density at radius 1 is 1.53 bits per heavy atom. The summed E-state index contributed by atoms with van der Waals surface area (Å²) in [6.45, 7) is 3.64. The fourth-order valence-corrected chi connectivity index (χ4v) is 1.44. The molecule has 0 aliphatic carbocycles. The predicted molar refractivity (Wildman–Crippen MR) is 58.0 cm³/mol. The smallest absolute Gasteiger partial charge is 0.159 e. The normalized spacial score (nSPS) is 9.80. The van der Waals surface area contributed by atoms with E-state index in [2.05, 4.69) is 0 Å². The minimum Gasteiger partial charge on any atom is -0.493 e. The molecule has 0 atom stereocenters. The molecular weight excluding hydrogens is 216 g/mol. The molecule has 0 aliphatic rings. The van der Waals surface area contributed by atoms with Gasteiger partial charge in [0.05, 0.1) is 17.2 Å². The summed E-state index contributed by atoms with van der Waals surface area (Å²) in [6.07, 6.45) is 0.622. The van der Waals surface area contributed by atoms with Crippen LogP contribution in [0.5, 0.6) is 5.75 Å². The third-order valence-electron chi connectivity index (χ3n) is 1.92. The molecule has 0 spiro atoms. The Kier molecular flexibility index (Phi) is 3.86. The van der Waals surface area contributed by atoms with E-state index in [9.17, 15) is 9.59 Å². The average molecular weight is 227 g/mol. The minimum atomic E-state index is -0.115. The molecule has 0 unspecified atom stereocenters. The number of halogens is 1. The first-order chi connectivity index (χ1) is 7.10. The Morgan fingerprint density at radius 2 is 2.20 bits per heavy atom. The highest BCUT2D eigenvalue weighted by atomic mass is 35.5. The van der Waals surface area contributed by atoms with Crippen LogP contribution in [-0.4, -0.2) is 18.7 Å². The van der Waals surface area contributed by atoms with Crippen LogP contribution in [0.3, 0.4) is 0 Å². The Hall–Kier alpha value is -1.35. The van der Waals surface area contributed by atoms with Crippen molar-refractivity contribution in [3.8, 4) is 5.75 Å². The number of hydrogen-bond acceptors (Lipinski definition) is 3. The van der Waals surface area contributed by atoms with Crippen molar-refractivity contribution in [2.24, 2.45) is 0 Å². The highest BCUT2D eigenvalue weighted by Crippen LogP contribution is 2.27. The molecule has 1 aromatic carbocycles. The molecule has 0 aromatic heterocycles. The molecular formula is C11H11ClO3. The molecule has 0 radical (unpaired) electrons. The van der Waals surface area contributed by atoms with E-state index >= 15 is 0 Å². The number of ketones is 1. The number of benzene rings is 1. The average Bonchev–Trinajstić information content (AvgIpc) is 2.17. The summed E-state index contributed by atoms with van der Waals surface area (Å²) in [4.78, 5) is 21.9. The Labute approximate surface area is 93.0 Å². The van der Waals surface area contributed by atoms with Gasteiger partial charge in [-0.05, 0) is 26.0 Å². The van der Waals surface area contributed by atoms with Crippen molar-refractivity contribution in [1.82, 2.24) is 0 Å². The number of hydrogen-bond donors (Lipinski definition) is 0. The molecule has 0 saturated heterocycles. The Balaban J connectivity index is 3.31. The zero-order chi connectivity index (χ0) is 11.4. The summed E-state index contributed by atoms with van der Waals surface area (Å²) in [5, 5.41) is 0.237. The maximum Gasteiger partial charge on any atom is 0.159 e. The van der Waals surface area contributed by atoms with E-state index in [4.69, 9.17) is 16.3 Å². The first-order valence-electron chi connectivity index (χ1n) is 4.52. The van der Waals surface area contributed by atoms with Crippen LogP contribution < -0.4 is 4.74 Å². The second-order valence-electron chi connectivity index (χ2n) is 2.98. The highest BCUT2D eigenvalue weighted by molar-refractivity contribution is 6.33. The van der Waals surface area contributed by atoms with E-state index in [1.165, 1.54) is 19.1 Å². The quantitative estimate of drug-likeness (QED) is 0.586. The lowest BCUT2D eigenvalue weighted by molar-refractivity contribution is 0.101. The molecule has 0 amide bonds. The molecule has 0 N–H and O–H groups in total. The fraction of sp³-hybridized carbons (Fsp3) is 0.273. The van der Waals surface area contributed by atoms with Crippen LogP contribution in [0, 0.1) is 0 Å². The summed E-state index contributed by atoms with van der Waals surface area (Å²) in [5.41, 5.74) is 0.720. The zero-order valence-electron chi connectivity index (χ0n) is 8.54. The summed E-state index contributed by atoms with van der Waals surface area (Å²) in [7, 11) is 0. The fourth-order valence-electron chi connectivity index (χ4n) is 1.19. The maximum absolute atomic E-state index is 11.2. The molecule has 80 valence electrons. The summed E-state index contributed by atoms with van der Waals surface area (Å²) in [5.74, 6) is 0.237. The molecule has 0 bridgehead atoms. The maximum atomic E-state index is 11.2. The van der Waals surface area contributed by atoms with Gasteiger partial charge in [-0.1, -0.05) is 11.6 Å². The Morgan fingerprint density at radius 3 is 2.67 bits per heavy atom. The van der Waals surface area contributed by atoms with Crippen molar-refractivity contribution in [1.29, 1.82) is 0 Å². The second kappa shape index (κ2) is 4.94. The summed E-state index contributed by atoms with van der Waals surface area (Å²) in [6, 6.07) is 3.00. The van der Waals surface area contributed by atoms with Gasteiger partial charge in [0.1, 0.15) is 5.75 Å². The van der Waals surface area contributed by atoms with Gasteiger partial charge in [0.2, 0.25) is 0 Å². The third kappa shape index (κ3) is 2.57. The molecule has 0 fully saturated rings. The molecule has 4 heteroatoms. The number of carbonyl (C=O) groups is 2. The number of carbonyl (C=O) groups excluding carboxylic acids is 2. The van der Waals surface area contributed by atoms with Crippen molar-refractivity contribution < 1.29 is 14.3 Å². The van der Waals surface area contributed by atoms with Crippen molar-refractivity contribution >= 4 is 23.7 Å². The van der Waals surface area contributed by atoms with Gasteiger partial charge in [-0.25, -0.2) is 0 Å². The second-order valence-corrected chi connectivity index (χ2v) is 3.38. The van der Waals surface area contributed by atoms with E-state index in [-0.39, 0.29) is 16.4 Å². The lowest BCUT2D eigenvalue weighted by atomic mass is 10.1. The summed E-state index contributed by atoms with van der Waals surface area (Å²) >= 11 is 5.85. The van der Waals surface area contributed by atoms with Crippen molar-refractivity contribution in [2.45, 2.75) is 13.8 Å². The van der Waals surface area contributed by atoms with Crippen molar-refractivity contribution in [3.05, 3.63) is 28.3 Å². The van der Waals surface area contributed by atoms with E-state index in [0.717, 1.165) is 0 Å². The van der Waals surface area contributed by atoms with Crippen LogP contribution in [0.15, 0.2) is 12.1 Å². The van der Waals surface area contributed by atoms with E-state index < -0.39 is 0 Å². The van der Waals surface area contributed by atoms with Crippen LogP contribution >= 0.6 is 11.6 Å². The molecule has 3 nitrogen and oxygen atoms in total. The van der Waals surface area contributed by atoms with Gasteiger partial charge in [-0.15, -0.1) is 0 Å². The highest BCUT2D eigenvalue weighted by Gasteiger charge is 2.11. The largest absolute Gasteiger partial charge is 0.493 e. The lowest BCUT2D eigenvalue weighted by Crippen LogP contribution is -2.00. The van der Waals surface area contributed by atoms with E-state index in [1.807, 2.05) is 0 Å². The topological polar surface area (TPSA) is 43.4 Å². The molecule has 0 aliphatic heterocycles. The van der Waals surface area contributed by atoms with Gasteiger partial charge in [-0.2, -0.15) is 0 Å². The number of rotatable bonds is 4. The summed E-state index contributed by atoms with van der Waals surface area (Å²) < 4.78 is 5.23. The zero-order valence-corrected chi connectivity index (χ0v) is 9.30. The van der Waals surface area contributed by atoms with Crippen LogP contribution in [0.4, 0.5) is 0 Å². The van der Waals surface area contributed by atoms with Gasteiger partial charge < -0.3 is 4.74 Å². The van der Waals surface area contributed by atoms with Crippen LogP contribution in [0.1, 0.15) is 34.6 Å². The monoisotopic (exact) mass is 226 g/mol. The van der Waals surface area contributed by atoms with Crippen LogP contribution in [0.2, 0.25) is 5.02 Å². The van der Waals surface area contributed by atoms with Crippen LogP contribution in [0.25, 0.3) is 0 Å². The molecule has 15 heavy (non-hydrogen) atoms. The van der Waals surface area contributed by atoms with Gasteiger partial charge in [0, 0.05) is 5.56 Å². The molecule has 1 aromatic rings. The van der Waals surface area contributed by atoms with Gasteiger partial charge in [0.15, 0.2) is 12.1 Å². The van der Waals surface area contributed by atoms with Gasteiger partial charge >= 0.3 is 0 Å². The number of aldehydes is 1. The first-order valence-corrected chi connectivity index (χ1v) is 4.90. The molecule has 0 heterocycles. The van der Waals surface area contributed by atoms with Crippen molar-refractivity contribution in [3.63, 3.8) is 0 Å². The van der Waals surface area contributed by atoms with E-state index in [1.54, 1.807) is 6.92 Å².